The number of hydrogen-bond donors (Lipinski definition) is 3. The molecule has 4 heterocycles. The van der Waals surface area contributed by atoms with E-state index in [9.17, 15) is 41.4 Å². The number of alkyl halides is 6. The minimum atomic E-state index is -4.43. The van der Waals surface area contributed by atoms with E-state index in [2.05, 4.69) is 15.5 Å². The van der Waals surface area contributed by atoms with Gasteiger partial charge < -0.3 is 15.5 Å². The summed E-state index contributed by atoms with van der Waals surface area (Å²) in [5.74, 6) is 0. The van der Waals surface area contributed by atoms with Crippen molar-refractivity contribution in [3.63, 3.8) is 0 Å². The molecule has 55 heavy (non-hydrogen) atoms. The molecular weight excluding hydrogens is 767 g/mol. The van der Waals surface area contributed by atoms with Crippen LogP contribution in [0.1, 0.15) is 49.3 Å². The largest absolute Gasteiger partial charge is 0.433 e. The number of aliphatic hydroxyl groups excluding tert-OH is 2. The van der Waals surface area contributed by atoms with Crippen molar-refractivity contribution in [3.05, 3.63) is 129 Å². The number of carbonyl (C=O) groups is 1. The van der Waals surface area contributed by atoms with Gasteiger partial charge in [0.15, 0.2) is 6.29 Å². The fourth-order valence-corrected chi connectivity index (χ4v) is 7.08. The Balaban J connectivity index is 0.000000204. The maximum atomic E-state index is 12.9. The third-order valence-corrected chi connectivity index (χ3v) is 10.1. The fraction of sp³-hybridized carbons (Fsp3) is 0.289. The number of likely N-dealkylation sites (N-methyl/N-ethyl adjacent to an activating group) is 2. The van der Waals surface area contributed by atoms with Crippen LogP contribution < -0.4 is 5.32 Å². The number of hydrogen-bond acceptors (Lipinski definition) is 9. The van der Waals surface area contributed by atoms with Crippen LogP contribution in [0.2, 0.25) is 0 Å². The number of aliphatic hydroxyl groups is 2. The molecule has 0 aliphatic heterocycles. The standard InChI is InChI=1S/C19H20F3N3OS.C10H7F3N2OS.C9H13NO/c1-24(12-16(26)13-6-4-3-5-7-13)11-14-8-9-17(27-14)15-10-18(19(20,21)22)25(2)23-15;1-15-9(10(11,12)13)4-7(14-15)8-3-2-6(5-16)17-8;1-10-7-9(11)8-5-3-2-4-6-8/h3-10,16,26H,11-12H2,1-2H3;2-5H,1H3;2-6,9-11H,7H2,1H3. The lowest BCUT2D eigenvalue weighted by Gasteiger charge is -2.20. The van der Waals surface area contributed by atoms with Gasteiger partial charge >= 0.3 is 12.4 Å². The summed E-state index contributed by atoms with van der Waals surface area (Å²) in [5.41, 5.74) is 0.765. The van der Waals surface area contributed by atoms with Crippen molar-refractivity contribution >= 4 is 29.0 Å². The van der Waals surface area contributed by atoms with Crippen molar-refractivity contribution in [2.45, 2.75) is 31.1 Å². The quantitative estimate of drug-likeness (QED) is 0.0895. The summed E-state index contributed by atoms with van der Waals surface area (Å²) in [4.78, 5) is 15.1. The van der Waals surface area contributed by atoms with Gasteiger partial charge in [-0.3, -0.25) is 19.1 Å². The number of benzene rings is 2. The Morgan fingerprint density at radius 1 is 0.745 bits per heavy atom. The molecule has 0 aliphatic carbocycles. The summed E-state index contributed by atoms with van der Waals surface area (Å²) >= 11 is 2.51. The first kappa shape index (κ1) is 43.1. The smallest absolute Gasteiger partial charge is 0.387 e. The molecule has 9 nitrogen and oxygen atoms in total. The van der Waals surface area contributed by atoms with Crippen LogP contribution in [0, 0.1) is 0 Å². The third kappa shape index (κ3) is 12.4. The van der Waals surface area contributed by atoms with E-state index in [0.717, 1.165) is 48.8 Å². The Kier molecular flexibility index (Phi) is 15.1. The third-order valence-electron chi connectivity index (χ3n) is 7.93. The van der Waals surface area contributed by atoms with Crippen LogP contribution in [-0.4, -0.2) is 68.1 Å². The summed E-state index contributed by atoms with van der Waals surface area (Å²) in [6.45, 7) is 1.65. The summed E-state index contributed by atoms with van der Waals surface area (Å²) in [6, 6.07) is 27.9. The molecule has 0 aliphatic rings. The number of thiophene rings is 2. The summed E-state index contributed by atoms with van der Waals surface area (Å²) < 4.78 is 78.0. The first-order chi connectivity index (χ1) is 26.0. The molecule has 0 bridgehead atoms. The molecule has 2 unspecified atom stereocenters. The maximum absolute atomic E-state index is 12.9. The Morgan fingerprint density at radius 3 is 1.65 bits per heavy atom. The maximum Gasteiger partial charge on any atom is 0.433 e. The van der Waals surface area contributed by atoms with Crippen molar-refractivity contribution in [3.8, 4) is 21.1 Å². The van der Waals surface area contributed by atoms with Crippen LogP contribution in [0.4, 0.5) is 26.3 Å². The average molecular weight is 807 g/mol. The molecular formula is C38H40F6N6O3S2. The molecule has 0 radical (unpaired) electrons. The molecule has 0 amide bonds. The highest BCUT2D eigenvalue weighted by molar-refractivity contribution is 7.17. The lowest BCUT2D eigenvalue weighted by molar-refractivity contribution is -0.144. The minimum Gasteiger partial charge on any atom is -0.387 e. The van der Waals surface area contributed by atoms with Crippen molar-refractivity contribution < 1.29 is 41.4 Å². The molecule has 6 rings (SSSR count). The molecule has 0 spiro atoms. The van der Waals surface area contributed by atoms with Gasteiger partial charge in [0.1, 0.15) is 22.8 Å². The van der Waals surface area contributed by atoms with Crippen LogP contribution in [0.3, 0.4) is 0 Å². The van der Waals surface area contributed by atoms with E-state index < -0.39 is 29.8 Å². The molecule has 0 fully saturated rings. The molecule has 4 aromatic heterocycles. The van der Waals surface area contributed by atoms with Crippen molar-refractivity contribution in [2.75, 3.05) is 27.2 Å². The Hall–Kier alpha value is -4.65. The molecule has 0 saturated heterocycles. The van der Waals surface area contributed by atoms with E-state index in [0.29, 0.717) is 46.2 Å². The first-order valence-electron chi connectivity index (χ1n) is 16.7. The summed E-state index contributed by atoms with van der Waals surface area (Å²) in [7, 11) is 6.25. The fourth-order valence-electron chi connectivity index (χ4n) is 5.25. The topological polar surface area (TPSA) is 108 Å². The van der Waals surface area contributed by atoms with Crippen molar-refractivity contribution in [2.24, 2.45) is 14.1 Å². The SMILES string of the molecule is CN(Cc1ccc(-c2cc(C(F)(F)F)n(C)n2)s1)CC(O)c1ccccc1.CNCC(O)c1ccccc1.Cn1nc(-c2ccc(C=O)s2)cc1C(F)(F)F. The van der Waals surface area contributed by atoms with E-state index in [1.807, 2.05) is 85.7 Å². The van der Waals surface area contributed by atoms with Crippen LogP contribution in [0.15, 0.2) is 97.1 Å². The normalized spacial score (nSPS) is 12.7. The predicted octanol–water partition coefficient (Wildman–Crippen LogP) is 8.25. The van der Waals surface area contributed by atoms with Gasteiger partial charge in [0.25, 0.3) is 0 Å². The first-order valence-corrected chi connectivity index (χ1v) is 18.3. The molecule has 0 saturated carbocycles. The zero-order valence-electron chi connectivity index (χ0n) is 30.2. The molecule has 17 heteroatoms. The molecule has 2 aromatic carbocycles. The number of aromatic nitrogens is 4. The number of carbonyl (C=O) groups excluding carboxylic acids is 1. The second kappa shape index (κ2) is 19.3. The summed E-state index contributed by atoms with van der Waals surface area (Å²) in [6.07, 6.45) is -9.18. The van der Waals surface area contributed by atoms with Gasteiger partial charge in [-0.25, -0.2) is 0 Å². The number of aldehydes is 1. The van der Waals surface area contributed by atoms with E-state index in [1.54, 1.807) is 18.2 Å². The number of nitrogens with one attached hydrogen (secondary N) is 1. The lowest BCUT2D eigenvalue weighted by Crippen LogP contribution is -2.23. The number of aryl methyl sites for hydroxylation is 2. The second-order valence-corrected chi connectivity index (χ2v) is 14.5. The zero-order chi connectivity index (χ0) is 40.3. The molecule has 3 N–H and O–H groups in total. The average Bonchev–Trinajstić information content (AvgIpc) is 3.96. The highest BCUT2D eigenvalue weighted by Crippen LogP contribution is 2.35. The molecule has 6 aromatic rings. The predicted molar refractivity (Wildman–Crippen MR) is 201 cm³/mol. The van der Waals surface area contributed by atoms with Crippen LogP contribution in [0.5, 0.6) is 0 Å². The van der Waals surface area contributed by atoms with E-state index in [-0.39, 0.29) is 11.8 Å². The number of halogens is 6. The van der Waals surface area contributed by atoms with E-state index in [1.165, 1.54) is 25.4 Å². The highest BCUT2D eigenvalue weighted by Gasteiger charge is 2.36. The Labute approximate surface area is 322 Å². The van der Waals surface area contributed by atoms with Gasteiger partial charge in [0, 0.05) is 38.6 Å². The molecule has 2 atom stereocenters. The Morgan fingerprint density at radius 2 is 1.22 bits per heavy atom. The minimum absolute atomic E-state index is 0.220. The van der Waals surface area contributed by atoms with E-state index in [4.69, 9.17) is 0 Å². The van der Waals surface area contributed by atoms with Gasteiger partial charge in [-0.2, -0.15) is 36.5 Å². The second-order valence-electron chi connectivity index (χ2n) is 12.3. The number of rotatable bonds is 11. The van der Waals surface area contributed by atoms with Gasteiger partial charge in [0.05, 0.1) is 26.8 Å². The zero-order valence-corrected chi connectivity index (χ0v) is 31.8. The number of nitrogens with zero attached hydrogens (tertiary/aromatic N) is 5. The van der Waals surface area contributed by atoms with Crippen molar-refractivity contribution in [1.29, 1.82) is 0 Å². The van der Waals surface area contributed by atoms with Crippen LogP contribution in [0.25, 0.3) is 21.1 Å². The Bertz CT molecular complexity index is 2080. The van der Waals surface area contributed by atoms with E-state index >= 15 is 0 Å². The van der Waals surface area contributed by atoms with Gasteiger partial charge in [0.2, 0.25) is 0 Å². The van der Waals surface area contributed by atoms with Crippen LogP contribution >= 0.6 is 22.7 Å². The van der Waals surface area contributed by atoms with Gasteiger partial charge in [-0.05, 0) is 61.6 Å². The van der Waals surface area contributed by atoms with Crippen LogP contribution in [-0.2, 0) is 33.0 Å². The van der Waals surface area contributed by atoms with Gasteiger partial charge in [-0.15, -0.1) is 22.7 Å². The highest BCUT2D eigenvalue weighted by atomic mass is 32.1. The lowest BCUT2D eigenvalue weighted by atomic mass is 10.1. The monoisotopic (exact) mass is 806 g/mol. The summed E-state index contributed by atoms with van der Waals surface area (Å²) in [5, 5.41) is 30.4. The molecule has 294 valence electrons. The van der Waals surface area contributed by atoms with Crippen molar-refractivity contribution in [1.82, 2.24) is 29.8 Å². The van der Waals surface area contributed by atoms with Gasteiger partial charge in [-0.1, -0.05) is 60.7 Å².